The molecule has 3 rings (SSSR count). The lowest BCUT2D eigenvalue weighted by atomic mass is 10.1. The smallest absolute Gasteiger partial charge is 0.254 e. The van der Waals surface area contributed by atoms with E-state index in [0.717, 1.165) is 11.1 Å². The van der Waals surface area contributed by atoms with E-state index in [1.165, 1.54) is 0 Å². The molecule has 0 spiro atoms. The molecule has 0 unspecified atom stereocenters. The van der Waals surface area contributed by atoms with E-state index in [2.05, 4.69) is 10.4 Å². The van der Waals surface area contributed by atoms with E-state index in [1.807, 2.05) is 61.5 Å². The minimum atomic E-state index is -0.142. The second kappa shape index (κ2) is 7.32. The van der Waals surface area contributed by atoms with Gasteiger partial charge in [-0.3, -0.25) is 9.48 Å². The van der Waals surface area contributed by atoms with Crippen LogP contribution in [0, 0.1) is 0 Å². The molecule has 0 fully saturated rings. The third kappa shape index (κ3) is 4.03. The summed E-state index contributed by atoms with van der Waals surface area (Å²) in [4.78, 5) is 12.4. The van der Waals surface area contributed by atoms with Crippen molar-refractivity contribution in [3.05, 3.63) is 88.7 Å². The molecule has 0 aliphatic heterocycles. The lowest BCUT2D eigenvalue weighted by Gasteiger charge is -2.13. The van der Waals surface area contributed by atoms with Crippen molar-refractivity contribution in [2.45, 2.75) is 19.5 Å². The third-order valence-corrected chi connectivity index (χ3v) is 4.05. The lowest BCUT2D eigenvalue weighted by Crippen LogP contribution is -2.26. The van der Waals surface area contributed by atoms with Crippen LogP contribution in [0.15, 0.2) is 67.0 Å². The van der Waals surface area contributed by atoms with Gasteiger partial charge < -0.3 is 5.32 Å². The van der Waals surface area contributed by atoms with Crippen LogP contribution >= 0.6 is 11.6 Å². The Bertz CT molecular complexity index is 812. The normalized spacial score (nSPS) is 11.9. The summed E-state index contributed by atoms with van der Waals surface area (Å²) in [5.41, 5.74) is 2.69. The van der Waals surface area contributed by atoms with E-state index in [0.29, 0.717) is 17.1 Å². The summed E-state index contributed by atoms with van der Waals surface area (Å²) in [5.74, 6) is -0.142. The summed E-state index contributed by atoms with van der Waals surface area (Å²) < 4.78 is 1.76. The zero-order chi connectivity index (χ0) is 16.9. The Morgan fingerprint density at radius 3 is 2.58 bits per heavy atom. The van der Waals surface area contributed by atoms with Crippen molar-refractivity contribution < 1.29 is 4.79 Å². The SMILES string of the molecule is C[C@H](NC(=O)c1cnn(Cc2ccccc2)c1)c1ccc(Cl)cc1. The van der Waals surface area contributed by atoms with Crippen LogP contribution in [0.2, 0.25) is 5.02 Å². The van der Waals surface area contributed by atoms with Gasteiger partial charge in [-0.1, -0.05) is 54.1 Å². The summed E-state index contributed by atoms with van der Waals surface area (Å²) in [5, 5.41) is 7.92. The maximum absolute atomic E-state index is 12.4. The molecular weight excluding hydrogens is 322 g/mol. The summed E-state index contributed by atoms with van der Waals surface area (Å²) in [7, 11) is 0. The zero-order valence-electron chi connectivity index (χ0n) is 13.3. The summed E-state index contributed by atoms with van der Waals surface area (Å²) in [6, 6.07) is 17.4. The van der Waals surface area contributed by atoms with Crippen molar-refractivity contribution in [3.63, 3.8) is 0 Å². The highest BCUT2D eigenvalue weighted by molar-refractivity contribution is 6.30. The third-order valence-electron chi connectivity index (χ3n) is 3.80. The van der Waals surface area contributed by atoms with Gasteiger partial charge in [-0.2, -0.15) is 5.10 Å². The van der Waals surface area contributed by atoms with Gasteiger partial charge in [-0.25, -0.2) is 0 Å². The van der Waals surface area contributed by atoms with Crippen molar-refractivity contribution in [1.29, 1.82) is 0 Å². The van der Waals surface area contributed by atoms with Crippen LogP contribution in [-0.2, 0) is 6.54 Å². The van der Waals surface area contributed by atoms with Gasteiger partial charge in [0.25, 0.3) is 5.91 Å². The molecule has 5 heteroatoms. The first-order valence-corrected chi connectivity index (χ1v) is 8.12. The Balaban J connectivity index is 1.64. The molecule has 1 amide bonds. The molecule has 1 atom stereocenters. The van der Waals surface area contributed by atoms with Crippen LogP contribution in [0.25, 0.3) is 0 Å². The van der Waals surface area contributed by atoms with Gasteiger partial charge >= 0.3 is 0 Å². The molecule has 1 N–H and O–H groups in total. The molecule has 4 nitrogen and oxygen atoms in total. The molecule has 0 aliphatic rings. The first-order valence-electron chi connectivity index (χ1n) is 7.74. The highest BCUT2D eigenvalue weighted by Gasteiger charge is 2.13. The van der Waals surface area contributed by atoms with Crippen molar-refractivity contribution in [2.24, 2.45) is 0 Å². The van der Waals surface area contributed by atoms with Crippen LogP contribution in [0.4, 0.5) is 0 Å². The van der Waals surface area contributed by atoms with E-state index in [1.54, 1.807) is 17.1 Å². The highest BCUT2D eigenvalue weighted by Crippen LogP contribution is 2.16. The van der Waals surface area contributed by atoms with Crippen LogP contribution in [0.5, 0.6) is 0 Å². The van der Waals surface area contributed by atoms with E-state index in [9.17, 15) is 4.79 Å². The molecule has 1 aromatic heterocycles. The predicted molar refractivity (Wildman–Crippen MR) is 95.1 cm³/mol. The van der Waals surface area contributed by atoms with Gasteiger partial charge in [0.15, 0.2) is 0 Å². The van der Waals surface area contributed by atoms with E-state index in [-0.39, 0.29) is 11.9 Å². The fraction of sp³-hybridized carbons (Fsp3) is 0.158. The molecule has 3 aromatic rings. The van der Waals surface area contributed by atoms with E-state index < -0.39 is 0 Å². The quantitative estimate of drug-likeness (QED) is 0.761. The van der Waals surface area contributed by atoms with Crippen LogP contribution < -0.4 is 5.32 Å². The monoisotopic (exact) mass is 339 g/mol. The molecule has 1 heterocycles. The van der Waals surface area contributed by atoms with Crippen LogP contribution in [0.1, 0.15) is 34.5 Å². The number of halogens is 1. The standard InChI is InChI=1S/C19H18ClN3O/c1-14(16-7-9-18(20)10-8-16)22-19(24)17-11-21-23(13-17)12-15-5-3-2-4-6-15/h2-11,13-14H,12H2,1H3,(H,22,24)/t14-/m0/s1. The average molecular weight is 340 g/mol. The predicted octanol–water partition coefficient (Wildman–Crippen LogP) is 4.08. The van der Waals surface area contributed by atoms with Gasteiger partial charge in [0, 0.05) is 11.2 Å². The number of amides is 1. The molecule has 0 aliphatic carbocycles. The Labute approximate surface area is 146 Å². The number of carbonyl (C=O) groups excluding carboxylic acids is 1. The second-order valence-electron chi connectivity index (χ2n) is 5.66. The fourth-order valence-corrected chi connectivity index (χ4v) is 2.58. The first-order chi connectivity index (χ1) is 11.6. The fourth-order valence-electron chi connectivity index (χ4n) is 2.45. The molecule has 0 radical (unpaired) electrons. The van der Waals surface area contributed by atoms with Crippen LogP contribution in [0.3, 0.4) is 0 Å². The van der Waals surface area contributed by atoms with Gasteiger partial charge in [-0.05, 0) is 30.2 Å². The van der Waals surface area contributed by atoms with Crippen molar-refractivity contribution in [1.82, 2.24) is 15.1 Å². The number of rotatable bonds is 5. The van der Waals surface area contributed by atoms with Gasteiger partial charge in [0.2, 0.25) is 0 Å². The molecular formula is C19H18ClN3O. The number of carbonyl (C=O) groups is 1. The number of benzene rings is 2. The molecule has 0 bridgehead atoms. The number of nitrogens with zero attached hydrogens (tertiary/aromatic N) is 2. The Kier molecular flexibility index (Phi) is 4.96. The molecule has 122 valence electrons. The van der Waals surface area contributed by atoms with E-state index in [4.69, 9.17) is 11.6 Å². The summed E-state index contributed by atoms with van der Waals surface area (Å²) in [6.07, 6.45) is 3.35. The van der Waals surface area contributed by atoms with Gasteiger partial charge in [0.05, 0.1) is 24.3 Å². The van der Waals surface area contributed by atoms with Gasteiger partial charge in [0.1, 0.15) is 0 Å². The van der Waals surface area contributed by atoms with E-state index >= 15 is 0 Å². The molecule has 0 saturated heterocycles. The Morgan fingerprint density at radius 1 is 1.17 bits per heavy atom. The molecule has 24 heavy (non-hydrogen) atoms. The van der Waals surface area contributed by atoms with Crippen molar-refractivity contribution >= 4 is 17.5 Å². The summed E-state index contributed by atoms with van der Waals surface area (Å²) >= 11 is 5.89. The van der Waals surface area contributed by atoms with Gasteiger partial charge in [-0.15, -0.1) is 0 Å². The summed E-state index contributed by atoms with van der Waals surface area (Å²) in [6.45, 7) is 2.58. The number of hydrogen-bond acceptors (Lipinski definition) is 2. The first kappa shape index (κ1) is 16.3. The number of nitrogens with one attached hydrogen (secondary N) is 1. The second-order valence-corrected chi connectivity index (χ2v) is 6.10. The molecule has 2 aromatic carbocycles. The van der Waals surface area contributed by atoms with Crippen LogP contribution in [-0.4, -0.2) is 15.7 Å². The van der Waals surface area contributed by atoms with Crippen molar-refractivity contribution in [2.75, 3.05) is 0 Å². The zero-order valence-corrected chi connectivity index (χ0v) is 14.1. The number of hydrogen-bond donors (Lipinski definition) is 1. The highest BCUT2D eigenvalue weighted by atomic mass is 35.5. The van der Waals surface area contributed by atoms with Crippen molar-refractivity contribution in [3.8, 4) is 0 Å². The molecule has 0 saturated carbocycles. The lowest BCUT2D eigenvalue weighted by molar-refractivity contribution is 0.0940. The largest absolute Gasteiger partial charge is 0.345 e. The average Bonchev–Trinajstić information content (AvgIpc) is 3.05. The minimum Gasteiger partial charge on any atom is -0.345 e. The Morgan fingerprint density at radius 2 is 1.88 bits per heavy atom. The topological polar surface area (TPSA) is 46.9 Å². The maximum atomic E-state index is 12.4. The Hall–Kier alpha value is -2.59. The number of aromatic nitrogens is 2. The minimum absolute atomic E-state index is 0.104. The maximum Gasteiger partial charge on any atom is 0.254 e.